The Bertz CT molecular complexity index is 1070. The summed E-state index contributed by atoms with van der Waals surface area (Å²) in [5, 5.41) is 8.24. The fraction of sp³-hybridized carbons (Fsp3) is 0. The third-order valence-corrected chi connectivity index (χ3v) is 4.49. The highest BCUT2D eigenvalue weighted by Crippen LogP contribution is 2.26. The maximum atomic E-state index is 12.4. The van der Waals surface area contributed by atoms with E-state index in [9.17, 15) is 4.79 Å². The summed E-state index contributed by atoms with van der Waals surface area (Å²) in [6.07, 6.45) is 0. The van der Waals surface area contributed by atoms with Gasteiger partial charge in [-0.15, -0.1) is 0 Å². The number of aromatic nitrogens is 2. The fourth-order valence-corrected chi connectivity index (χ4v) is 3.58. The average molecular weight is 293 g/mol. The lowest BCUT2D eigenvalue weighted by Gasteiger charge is -2.03. The van der Waals surface area contributed by atoms with E-state index in [0.717, 1.165) is 21.5 Å². The summed E-state index contributed by atoms with van der Waals surface area (Å²) in [7, 11) is 0. The first kappa shape index (κ1) is 12.1. The lowest BCUT2D eigenvalue weighted by atomic mass is 10.2. The van der Waals surface area contributed by atoms with Crippen molar-refractivity contribution in [1.29, 1.82) is 5.41 Å². The van der Waals surface area contributed by atoms with Gasteiger partial charge in [-0.25, -0.2) is 0 Å². The molecule has 0 unspecified atom stereocenters. The van der Waals surface area contributed by atoms with Gasteiger partial charge in [-0.3, -0.25) is 14.6 Å². The molecule has 4 nitrogen and oxygen atoms in total. The van der Waals surface area contributed by atoms with Crippen LogP contribution in [0.25, 0.3) is 27.0 Å². The van der Waals surface area contributed by atoms with Crippen molar-refractivity contribution in [2.24, 2.45) is 0 Å². The lowest BCUT2D eigenvalue weighted by Crippen LogP contribution is -2.15. The van der Waals surface area contributed by atoms with Crippen LogP contribution in [0.3, 0.4) is 0 Å². The highest BCUT2D eigenvalue weighted by Gasteiger charge is 2.14. The van der Waals surface area contributed by atoms with Crippen molar-refractivity contribution in [1.82, 2.24) is 9.38 Å². The minimum absolute atomic E-state index is 0.165. The Morgan fingerprint density at radius 2 is 1.71 bits per heavy atom. The maximum absolute atomic E-state index is 12.4. The van der Waals surface area contributed by atoms with Crippen LogP contribution in [-0.4, -0.2) is 9.38 Å². The SMILES string of the molecule is N=c1sc(-c2ccccc2)c2c(=O)[nH]c3ccccc3n12. The molecule has 5 heteroatoms. The Morgan fingerprint density at radius 1 is 1.00 bits per heavy atom. The molecule has 0 atom stereocenters. The summed E-state index contributed by atoms with van der Waals surface area (Å²) < 4.78 is 1.72. The Hall–Kier alpha value is -2.66. The predicted octanol–water partition coefficient (Wildman–Crippen LogP) is 2.99. The molecule has 0 aliphatic rings. The van der Waals surface area contributed by atoms with Gasteiger partial charge in [0.2, 0.25) is 0 Å². The van der Waals surface area contributed by atoms with Gasteiger partial charge in [0.25, 0.3) is 5.56 Å². The molecule has 2 heterocycles. The zero-order chi connectivity index (χ0) is 14.4. The number of para-hydroxylation sites is 2. The molecule has 4 aromatic rings. The van der Waals surface area contributed by atoms with Crippen LogP contribution in [0.15, 0.2) is 59.4 Å². The molecule has 2 aromatic heterocycles. The van der Waals surface area contributed by atoms with Gasteiger partial charge < -0.3 is 4.98 Å². The predicted molar refractivity (Wildman–Crippen MR) is 84.7 cm³/mol. The number of nitrogens with one attached hydrogen (secondary N) is 2. The van der Waals surface area contributed by atoms with Crippen LogP contribution in [0.4, 0.5) is 0 Å². The topological polar surface area (TPSA) is 61.1 Å². The molecule has 0 aliphatic heterocycles. The largest absolute Gasteiger partial charge is 0.319 e. The van der Waals surface area contributed by atoms with Crippen molar-refractivity contribution in [3.63, 3.8) is 0 Å². The normalized spacial score (nSPS) is 11.2. The number of aromatic amines is 1. The Morgan fingerprint density at radius 3 is 2.52 bits per heavy atom. The van der Waals surface area contributed by atoms with E-state index < -0.39 is 0 Å². The van der Waals surface area contributed by atoms with Crippen molar-refractivity contribution >= 4 is 27.9 Å². The van der Waals surface area contributed by atoms with E-state index in [1.807, 2.05) is 54.6 Å². The molecule has 102 valence electrons. The summed E-state index contributed by atoms with van der Waals surface area (Å²) in [4.78, 5) is 16.5. The van der Waals surface area contributed by atoms with Crippen molar-refractivity contribution in [2.45, 2.75) is 0 Å². The first-order valence-electron chi connectivity index (χ1n) is 6.52. The molecular formula is C16H11N3OS. The number of fused-ring (bicyclic) bond motifs is 3. The number of H-pyrrole nitrogens is 1. The molecule has 21 heavy (non-hydrogen) atoms. The average Bonchev–Trinajstić information content (AvgIpc) is 2.87. The van der Waals surface area contributed by atoms with Crippen LogP contribution in [0.5, 0.6) is 0 Å². The number of rotatable bonds is 1. The summed E-state index contributed by atoms with van der Waals surface area (Å²) in [5.41, 5.74) is 2.91. The zero-order valence-electron chi connectivity index (χ0n) is 11.0. The van der Waals surface area contributed by atoms with Crippen molar-refractivity contribution in [3.8, 4) is 10.4 Å². The van der Waals surface area contributed by atoms with Gasteiger partial charge in [-0.2, -0.15) is 0 Å². The van der Waals surface area contributed by atoms with Crippen molar-refractivity contribution in [2.75, 3.05) is 0 Å². The molecule has 0 saturated carbocycles. The third kappa shape index (κ3) is 1.75. The standard InChI is InChI=1S/C16H11N3OS/c17-16-19-12-9-5-4-8-11(12)18-15(20)13(19)14(21-16)10-6-2-1-3-7-10/h1-9,17H,(H,18,20). The van der Waals surface area contributed by atoms with Crippen molar-refractivity contribution in [3.05, 3.63) is 69.8 Å². The van der Waals surface area contributed by atoms with Crippen LogP contribution < -0.4 is 10.4 Å². The minimum atomic E-state index is -0.165. The van der Waals surface area contributed by atoms with Gasteiger partial charge in [0.05, 0.1) is 15.9 Å². The zero-order valence-corrected chi connectivity index (χ0v) is 11.8. The Kier molecular flexibility index (Phi) is 2.55. The summed E-state index contributed by atoms with van der Waals surface area (Å²) in [5.74, 6) is 0. The number of hydrogen-bond acceptors (Lipinski definition) is 3. The summed E-state index contributed by atoms with van der Waals surface area (Å²) in [6, 6.07) is 17.3. The molecule has 0 bridgehead atoms. The first-order valence-corrected chi connectivity index (χ1v) is 7.34. The molecule has 0 amide bonds. The van der Waals surface area contributed by atoms with Gasteiger partial charge in [-0.05, 0) is 17.7 Å². The van der Waals surface area contributed by atoms with Gasteiger partial charge >= 0.3 is 0 Å². The molecule has 2 aromatic carbocycles. The third-order valence-electron chi connectivity index (χ3n) is 3.48. The van der Waals surface area contributed by atoms with Crippen LogP contribution in [-0.2, 0) is 0 Å². The fourth-order valence-electron chi connectivity index (χ4n) is 2.57. The molecule has 0 saturated heterocycles. The molecular weight excluding hydrogens is 282 g/mol. The summed E-state index contributed by atoms with van der Waals surface area (Å²) >= 11 is 1.32. The first-order chi connectivity index (χ1) is 10.3. The van der Waals surface area contributed by atoms with Crippen LogP contribution in [0.1, 0.15) is 0 Å². The van der Waals surface area contributed by atoms with Crippen molar-refractivity contribution < 1.29 is 0 Å². The second-order valence-corrected chi connectivity index (χ2v) is 5.76. The van der Waals surface area contributed by atoms with Crippen LogP contribution >= 0.6 is 11.3 Å². The quantitative estimate of drug-likeness (QED) is 0.557. The van der Waals surface area contributed by atoms with Gasteiger partial charge in [0, 0.05) is 0 Å². The van der Waals surface area contributed by atoms with E-state index in [1.54, 1.807) is 4.40 Å². The Labute approximate surface area is 123 Å². The highest BCUT2D eigenvalue weighted by atomic mass is 32.1. The number of hydrogen-bond donors (Lipinski definition) is 2. The van der Waals surface area contributed by atoms with Crippen LogP contribution in [0, 0.1) is 5.41 Å². The second kappa shape index (κ2) is 4.43. The van der Waals surface area contributed by atoms with Gasteiger partial charge in [-0.1, -0.05) is 53.8 Å². The highest BCUT2D eigenvalue weighted by molar-refractivity contribution is 7.13. The summed E-state index contributed by atoms with van der Waals surface area (Å²) in [6.45, 7) is 0. The van der Waals surface area contributed by atoms with Crippen LogP contribution in [0.2, 0.25) is 0 Å². The van der Waals surface area contributed by atoms with Gasteiger partial charge in [0.1, 0.15) is 5.52 Å². The molecule has 2 N–H and O–H groups in total. The van der Waals surface area contributed by atoms with E-state index in [2.05, 4.69) is 4.98 Å². The molecule has 0 spiro atoms. The maximum Gasteiger partial charge on any atom is 0.274 e. The second-order valence-electron chi connectivity index (χ2n) is 4.76. The molecule has 0 aliphatic carbocycles. The van der Waals surface area contributed by atoms with E-state index >= 15 is 0 Å². The van der Waals surface area contributed by atoms with E-state index in [1.165, 1.54) is 11.3 Å². The minimum Gasteiger partial charge on any atom is -0.319 e. The van der Waals surface area contributed by atoms with E-state index in [-0.39, 0.29) is 5.56 Å². The monoisotopic (exact) mass is 293 g/mol. The van der Waals surface area contributed by atoms with E-state index in [0.29, 0.717) is 10.3 Å². The number of benzene rings is 2. The molecule has 0 fully saturated rings. The van der Waals surface area contributed by atoms with Gasteiger partial charge in [0.15, 0.2) is 4.80 Å². The smallest absolute Gasteiger partial charge is 0.274 e. The molecule has 4 rings (SSSR count). The molecule has 0 radical (unpaired) electrons. The van der Waals surface area contributed by atoms with E-state index in [4.69, 9.17) is 5.41 Å². The number of thiazole rings is 1. The number of nitrogens with zero attached hydrogens (tertiary/aromatic N) is 1. The lowest BCUT2D eigenvalue weighted by molar-refractivity contribution is 1.08. The Balaban J connectivity index is 2.25.